The van der Waals surface area contributed by atoms with Gasteiger partial charge in [-0.25, -0.2) is 0 Å². The number of hydrogen-bond acceptors (Lipinski definition) is 3. The Kier molecular flexibility index (Phi) is 5.85. The van der Waals surface area contributed by atoms with Crippen molar-refractivity contribution in [1.82, 2.24) is 10.2 Å². The van der Waals surface area contributed by atoms with Crippen LogP contribution in [0.2, 0.25) is 0 Å². The molecule has 0 aromatic rings. The SMILES string of the molecule is CCCC(C(=O)NCC1CCN(C)C1)C(N)=S. The van der Waals surface area contributed by atoms with Crippen LogP contribution in [0.4, 0.5) is 0 Å². The fourth-order valence-electron chi connectivity index (χ4n) is 2.25. The molecule has 0 aliphatic carbocycles. The van der Waals surface area contributed by atoms with E-state index in [0.717, 1.165) is 38.9 Å². The van der Waals surface area contributed by atoms with E-state index in [1.54, 1.807) is 0 Å². The zero-order chi connectivity index (χ0) is 12.8. The van der Waals surface area contributed by atoms with E-state index in [2.05, 4.69) is 17.3 Å². The van der Waals surface area contributed by atoms with E-state index in [-0.39, 0.29) is 11.8 Å². The van der Waals surface area contributed by atoms with Crippen molar-refractivity contribution in [2.24, 2.45) is 17.6 Å². The normalized spacial score (nSPS) is 22.4. The highest BCUT2D eigenvalue weighted by atomic mass is 32.1. The van der Waals surface area contributed by atoms with Crippen molar-refractivity contribution < 1.29 is 4.79 Å². The highest BCUT2D eigenvalue weighted by Crippen LogP contribution is 2.13. The Hall–Kier alpha value is -0.680. The molecule has 1 amide bonds. The van der Waals surface area contributed by atoms with Gasteiger partial charge >= 0.3 is 0 Å². The molecular weight excluding hydrogens is 234 g/mol. The minimum Gasteiger partial charge on any atom is -0.393 e. The molecule has 3 N–H and O–H groups in total. The van der Waals surface area contributed by atoms with E-state index in [4.69, 9.17) is 18.0 Å². The molecule has 1 aliphatic heterocycles. The molecule has 0 aromatic carbocycles. The molecule has 1 fully saturated rings. The van der Waals surface area contributed by atoms with Crippen molar-refractivity contribution in [1.29, 1.82) is 0 Å². The third-order valence-corrected chi connectivity index (χ3v) is 3.58. The number of carbonyl (C=O) groups excluding carboxylic acids is 1. The van der Waals surface area contributed by atoms with Crippen molar-refractivity contribution in [3.8, 4) is 0 Å². The second-order valence-corrected chi connectivity index (χ2v) is 5.38. The molecule has 0 spiro atoms. The summed E-state index contributed by atoms with van der Waals surface area (Å²) in [5, 5.41) is 2.98. The molecule has 2 atom stereocenters. The molecule has 1 rings (SSSR count). The summed E-state index contributed by atoms with van der Waals surface area (Å²) >= 11 is 4.94. The predicted molar refractivity (Wildman–Crippen MR) is 73.8 cm³/mol. The van der Waals surface area contributed by atoms with Gasteiger partial charge in [-0.2, -0.15) is 0 Å². The van der Waals surface area contributed by atoms with E-state index in [1.807, 2.05) is 6.92 Å². The lowest BCUT2D eigenvalue weighted by molar-refractivity contribution is -0.123. The van der Waals surface area contributed by atoms with E-state index in [1.165, 1.54) is 0 Å². The third-order valence-electron chi connectivity index (χ3n) is 3.29. The summed E-state index contributed by atoms with van der Waals surface area (Å²) in [4.78, 5) is 14.5. The minimum absolute atomic E-state index is 0.00565. The van der Waals surface area contributed by atoms with Crippen LogP contribution in [0.5, 0.6) is 0 Å². The van der Waals surface area contributed by atoms with E-state index < -0.39 is 0 Å². The zero-order valence-electron chi connectivity index (χ0n) is 10.7. The Morgan fingerprint density at radius 2 is 2.35 bits per heavy atom. The standard InChI is InChI=1S/C12H23N3OS/c1-3-4-10(11(13)17)12(16)14-7-9-5-6-15(2)8-9/h9-10H,3-8H2,1-2H3,(H2,13,17)(H,14,16). The van der Waals surface area contributed by atoms with Gasteiger partial charge in [0.25, 0.3) is 0 Å². The van der Waals surface area contributed by atoms with Crippen LogP contribution in [0.15, 0.2) is 0 Å². The number of hydrogen-bond donors (Lipinski definition) is 2. The average Bonchev–Trinajstić information content (AvgIpc) is 2.68. The van der Waals surface area contributed by atoms with Gasteiger partial charge in [0.15, 0.2) is 0 Å². The molecular formula is C12H23N3OS. The van der Waals surface area contributed by atoms with Crippen molar-refractivity contribution >= 4 is 23.1 Å². The fraction of sp³-hybridized carbons (Fsp3) is 0.833. The van der Waals surface area contributed by atoms with Crippen LogP contribution in [0.3, 0.4) is 0 Å². The second kappa shape index (κ2) is 6.91. The van der Waals surface area contributed by atoms with Gasteiger partial charge in [-0.3, -0.25) is 4.79 Å². The molecule has 5 heteroatoms. The Morgan fingerprint density at radius 3 is 2.82 bits per heavy atom. The van der Waals surface area contributed by atoms with Crippen molar-refractivity contribution in [2.45, 2.75) is 26.2 Å². The first-order chi connectivity index (χ1) is 8.04. The van der Waals surface area contributed by atoms with Gasteiger partial charge in [0.2, 0.25) is 5.91 Å². The summed E-state index contributed by atoms with van der Waals surface area (Å²) in [6.45, 7) is 4.95. The number of nitrogens with two attached hydrogens (primary N) is 1. The first kappa shape index (κ1) is 14.4. The van der Waals surface area contributed by atoms with E-state index >= 15 is 0 Å². The zero-order valence-corrected chi connectivity index (χ0v) is 11.6. The third kappa shape index (κ3) is 4.60. The quantitative estimate of drug-likeness (QED) is 0.690. The summed E-state index contributed by atoms with van der Waals surface area (Å²) in [7, 11) is 2.11. The summed E-state index contributed by atoms with van der Waals surface area (Å²) < 4.78 is 0. The summed E-state index contributed by atoms with van der Waals surface area (Å²) in [6.07, 6.45) is 2.82. The van der Waals surface area contributed by atoms with Crippen LogP contribution >= 0.6 is 12.2 Å². The smallest absolute Gasteiger partial charge is 0.229 e. The lowest BCUT2D eigenvalue weighted by Crippen LogP contribution is -2.40. The van der Waals surface area contributed by atoms with Crippen LogP contribution in [-0.4, -0.2) is 42.5 Å². The van der Waals surface area contributed by atoms with Crippen molar-refractivity contribution in [3.63, 3.8) is 0 Å². The number of nitrogens with one attached hydrogen (secondary N) is 1. The summed E-state index contributed by atoms with van der Waals surface area (Å²) in [5.41, 5.74) is 5.59. The molecule has 4 nitrogen and oxygen atoms in total. The molecule has 1 aliphatic rings. The lowest BCUT2D eigenvalue weighted by atomic mass is 10.0. The van der Waals surface area contributed by atoms with E-state index in [9.17, 15) is 4.79 Å². The highest BCUT2D eigenvalue weighted by molar-refractivity contribution is 7.80. The molecule has 0 bridgehead atoms. The maximum Gasteiger partial charge on any atom is 0.229 e. The van der Waals surface area contributed by atoms with E-state index in [0.29, 0.717) is 10.9 Å². The van der Waals surface area contributed by atoms with Crippen LogP contribution < -0.4 is 11.1 Å². The molecule has 0 aromatic heterocycles. The Morgan fingerprint density at radius 1 is 1.65 bits per heavy atom. The number of carbonyl (C=O) groups is 1. The number of likely N-dealkylation sites (tertiary alicyclic amines) is 1. The van der Waals surface area contributed by atoms with Crippen LogP contribution in [0.25, 0.3) is 0 Å². The first-order valence-corrected chi connectivity index (χ1v) is 6.71. The predicted octanol–water partition coefficient (Wildman–Crippen LogP) is 0.757. The van der Waals surface area contributed by atoms with Crippen molar-refractivity contribution in [3.05, 3.63) is 0 Å². The number of rotatable bonds is 6. The van der Waals surface area contributed by atoms with Gasteiger partial charge in [-0.1, -0.05) is 25.6 Å². The number of nitrogens with zero attached hydrogens (tertiary/aromatic N) is 1. The van der Waals surface area contributed by atoms with Crippen LogP contribution in [0.1, 0.15) is 26.2 Å². The summed E-state index contributed by atoms with van der Waals surface area (Å²) in [5.74, 6) is 0.264. The molecule has 1 heterocycles. The van der Waals surface area contributed by atoms with Gasteiger partial charge in [0.1, 0.15) is 0 Å². The van der Waals surface area contributed by atoms with Gasteiger partial charge in [-0.05, 0) is 32.4 Å². The summed E-state index contributed by atoms with van der Waals surface area (Å²) in [6, 6.07) is 0. The maximum absolute atomic E-state index is 11.9. The highest BCUT2D eigenvalue weighted by Gasteiger charge is 2.23. The number of thiocarbonyl (C=S) groups is 1. The minimum atomic E-state index is -0.297. The molecule has 0 radical (unpaired) electrons. The first-order valence-electron chi connectivity index (χ1n) is 6.30. The maximum atomic E-state index is 11.9. The molecule has 0 saturated carbocycles. The van der Waals surface area contributed by atoms with Crippen molar-refractivity contribution in [2.75, 3.05) is 26.7 Å². The second-order valence-electron chi connectivity index (χ2n) is 4.91. The monoisotopic (exact) mass is 257 g/mol. The molecule has 17 heavy (non-hydrogen) atoms. The molecule has 98 valence electrons. The van der Waals surface area contributed by atoms with Gasteiger partial charge in [-0.15, -0.1) is 0 Å². The fourth-order valence-corrected chi connectivity index (χ4v) is 2.48. The van der Waals surface area contributed by atoms with Gasteiger partial charge in [0, 0.05) is 13.1 Å². The van der Waals surface area contributed by atoms with Crippen LogP contribution in [0, 0.1) is 11.8 Å². The average molecular weight is 257 g/mol. The Labute approximate surface area is 109 Å². The largest absolute Gasteiger partial charge is 0.393 e. The van der Waals surface area contributed by atoms with Crippen LogP contribution in [-0.2, 0) is 4.79 Å². The molecule has 2 unspecified atom stereocenters. The van der Waals surface area contributed by atoms with Gasteiger partial charge in [0.05, 0.1) is 10.9 Å². The topological polar surface area (TPSA) is 58.4 Å². The number of amides is 1. The lowest BCUT2D eigenvalue weighted by Gasteiger charge is -2.17. The Bertz CT molecular complexity index is 283. The molecule has 1 saturated heterocycles. The Balaban J connectivity index is 2.34. The van der Waals surface area contributed by atoms with Gasteiger partial charge < -0.3 is 16.0 Å².